The molecule has 0 saturated carbocycles. The minimum Gasteiger partial charge on any atom is -0.507 e. The van der Waals surface area contributed by atoms with Crippen molar-refractivity contribution < 1.29 is 19.6 Å². The zero-order chi connectivity index (χ0) is 23.0. The quantitative estimate of drug-likeness (QED) is 0.195. The summed E-state index contributed by atoms with van der Waals surface area (Å²) in [5.74, 6) is -2.24. The number of carbonyl (C=O) groups is 2. The number of nitro groups is 1. The van der Waals surface area contributed by atoms with Crippen molar-refractivity contribution in [3.05, 3.63) is 110 Å². The molecule has 1 saturated heterocycles. The number of nitro benzene ring substituents is 1. The summed E-state index contributed by atoms with van der Waals surface area (Å²) in [4.78, 5) is 38.5. The number of hydrogen-bond acceptors (Lipinski definition) is 5. The number of aliphatic hydroxyl groups is 1. The van der Waals surface area contributed by atoms with Gasteiger partial charge in [0.05, 0.1) is 16.1 Å². The van der Waals surface area contributed by atoms with E-state index in [1.165, 1.54) is 47.4 Å². The van der Waals surface area contributed by atoms with E-state index in [-0.39, 0.29) is 22.4 Å². The van der Waals surface area contributed by atoms with Gasteiger partial charge in [-0.05, 0) is 49.4 Å². The minimum absolute atomic E-state index is 0.118. The number of rotatable bonds is 4. The van der Waals surface area contributed by atoms with E-state index in [4.69, 9.17) is 11.6 Å². The molecule has 8 heteroatoms. The third-order valence-electron chi connectivity index (χ3n) is 5.30. The number of carbonyl (C=O) groups excluding carboxylic acids is 2. The number of halogens is 1. The summed E-state index contributed by atoms with van der Waals surface area (Å²) in [7, 11) is 0. The number of aryl methyl sites for hydroxylation is 1. The SMILES string of the molecule is Cc1ccc(N2C(=O)C(=O)/C(=C(/O)c3ccc(Cl)cc3)[C@H]2c2ccccc2[N+](=O)[O-])cc1. The molecule has 1 amide bonds. The highest BCUT2D eigenvalue weighted by Crippen LogP contribution is 2.44. The van der Waals surface area contributed by atoms with Crippen LogP contribution in [0.25, 0.3) is 5.76 Å². The second-order valence-corrected chi connectivity index (χ2v) is 7.76. The van der Waals surface area contributed by atoms with Crippen molar-refractivity contribution in [2.75, 3.05) is 4.90 Å². The summed E-state index contributed by atoms with van der Waals surface area (Å²) in [5.41, 5.74) is 1.21. The Labute approximate surface area is 188 Å². The van der Waals surface area contributed by atoms with Crippen LogP contribution in [0.3, 0.4) is 0 Å². The topological polar surface area (TPSA) is 101 Å². The Kier molecular flexibility index (Phi) is 5.50. The Balaban J connectivity index is 2.00. The van der Waals surface area contributed by atoms with Gasteiger partial charge in [-0.3, -0.25) is 24.6 Å². The maximum absolute atomic E-state index is 13.1. The Morgan fingerprint density at radius 2 is 1.62 bits per heavy atom. The molecule has 160 valence electrons. The van der Waals surface area contributed by atoms with Crippen LogP contribution >= 0.6 is 11.6 Å². The number of aliphatic hydroxyl groups excluding tert-OH is 1. The highest BCUT2D eigenvalue weighted by molar-refractivity contribution is 6.51. The van der Waals surface area contributed by atoms with Crippen LogP contribution in [0.5, 0.6) is 0 Å². The minimum atomic E-state index is -1.19. The van der Waals surface area contributed by atoms with Crippen molar-refractivity contribution >= 4 is 40.4 Å². The fourth-order valence-electron chi connectivity index (χ4n) is 3.75. The monoisotopic (exact) mass is 448 g/mol. The molecule has 1 N–H and O–H groups in total. The zero-order valence-electron chi connectivity index (χ0n) is 16.9. The molecule has 0 unspecified atom stereocenters. The molecule has 0 radical (unpaired) electrons. The van der Waals surface area contributed by atoms with Crippen LogP contribution in [0.2, 0.25) is 5.02 Å². The van der Waals surface area contributed by atoms with Gasteiger partial charge < -0.3 is 5.11 Å². The zero-order valence-corrected chi connectivity index (χ0v) is 17.6. The first-order chi connectivity index (χ1) is 15.3. The molecule has 1 fully saturated rings. The van der Waals surface area contributed by atoms with E-state index in [2.05, 4.69) is 0 Å². The van der Waals surface area contributed by atoms with E-state index < -0.39 is 28.4 Å². The highest BCUT2D eigenvalue weighted by Gasteiger charge is 2.48. The van der Waals surface area contributed by atoms with E-state index >= 15 is 0 Å². The second kappa shape index (κ2) is 8.28. The maximum Gasteiger partial charge on any atom is 0.300 e. The molecular formula is C24H17ClN2O5. The molecule has 3 aromatic carbocycles. The number of benzene rings is 3. The van der Waals surface area contributed by atoms with Crippen LogP contribution in [0.15, 0.2) is 78.4 Å². The van der Waals surface area contributed by atoms with Crippen LogP contribution in [-0.2, 0) is 9.59 Å². The molecule has 4 rings (SSSR count). The van der Waals surface area contributed by atoms with Gasteiger partial charge >= 0.3 is 0 Å². The first-order valence-corrected chi connectivity index (χ1v) is 10.0. The van der Waals surface area contributed by atoms with Gasteiger partial charge in [-0.2, -0.15) is 0 Å². The summed E-state index contributed by atoms with van der Waals surface area (Å²) in [6.45, 7) is 1.87. The van der Waals surface area contributed by atoms with Gasteiger partial charge in [-0.25, -0.2) is 0 Å². The van der Waals surface area contributed by atoms with E-state index in [0.29, 0.717) is 10.7 Å². The fourth-order valence-corrected chi connectivity index (χ4v) is 3.87. The molecule has 0 bridgehead atoms. The summed E-state index contributed by atoms with van der Waals surface area (Å²) in [6, 6.07) is 17.6. The number of amides is 1. The van der Waals surface area contributed by atoms with Crippen LogP contribution in [0, 0.1) is 17.0 Å². The molecule has 1 atom stereocenters. The highest BCUT2D eigenvalue weighted by atomic mass is 35.5. The Morgan fingerprint density at radius 3 is 2.25 bits per heavy atom. The molecule has 0 spiro atoms. The van der Waals surface area contributed by atoms with E-state index in [9.17, 15) is 24.8 Å². The van der Waals surface area contributed by atoms with Gasteiger partial charge in [0.15, 0.2) is 0 Å². The summed E-state index contributed by atoms with van der Waals surface area (Å²) in [6.07, 6.45) is 0. The first kappa shape index (κ1) is 21.3. The molecular weight excluding hydrogens is 432 g/mol. The normalized spacial score (nSPS) is 17.6. The lowest BCUT2D eigenvalue weighted by Crippen LogP contribution is -2.29. The Hall–Kier alpha value is -3.97. The van der Waals surface area contributed by atoms with E-state index in [1.807, 2.05) is 6.92 Å². The molecule has 32 heavy (non-hydrogen) atoms. The largest absolute Gasteiger partial charge is 0.507 e. The van der Waals surface area contributed by atoms with Gasteiger partial charge in [0.25, 0.3) is 17.4 Å². The van der Waals surface area contributed by atoms with Crippen LogP contribution in [-0.4, -0.2) is 21.7 Å². The third-order valence-corrected chi connectivity index (χ3v) is 5.55. The lowest BCUT2D eigenvalue weighted by molar-refractivity contribution is -0.385. The third kappa shape index (κ3) is 3.63. The molecule has 0 aliphatic carbocycles. The Morgan fingerprint density at radius 1 is 1.00 bits per heavy atom. The number of para-hydroxylation sites is 1. The summed E-state index contributed by atoms with van der Waals surface area (Å²) >= 11 is 5.92. The number of anilines is 1. The van der Waals surface area contributed by atoms with Gasteiger partial charge in [0.2, 0.25) is 0 Å². The van der Waals surface area contributed by atoms with Crippen molar-refractivity contribution in [1.29, 1.82) is 0 Å². The average Bonchev–Trinajstić information content (AvgIpc) is 3.05. The van der Waals surface area contributed by atoms with Crippen LogP contribution in [0.4, 0.5) is 11.4 Å². The predicted molar refractivity (Wildman–Crippen MR) is 121 cm³/mol. The molecule has 1 aliphatic heterocycles. The lowest BCUT2D eigenvalue weighted by atomic mass is 9.94. The van der Waals surface area contributed by atoms with E-state index in [1.54, 1.807) is 30.3 Å². The predicted octanol–water partition coefficient (Wildman–Crippen LogP) is 5.18. The fraction of sp³-hybridized carbons (Fsp3) is 0.0833. The number of hydrogen-bond donors (Lipinski definition) is 1. The van der Waals surface area contributed by atoms with Crippen molar-refractivity contribution in [1.82, 2.24) is 0 Å². The molecule has 0 aromatic heterocycles. The number of nitrogens with zero attached hydrogens (tertiary/aromatic N) is 2. The molecule has 1 aliphatic rings. The Bertz CT molecular complexity index is 1270. The van der Waals surface area contributed by atoms with Gasteiger partial charge in [-0.15, -0.1) is 0 Å². The second-order valence-electron chi connectivity index (χ2n) is 7.33. The van der Waals surface area contributed by atoms with Crippen LogP contribution in [0.1, 0.15) is 22.7 Å². The van der Waals surface area contributed by atoms with Gasteiger partial charge in [0, 0.05) is 22.3 Å². The molecule has 3 aromatic rings. The molecule has 1 heterocycles. The van der Waals surface area contributed by atoms with Gasteiger partial charge in [-0.1, -0.05) is 41.4 Å². The smallest absolute Gasteiger partial charge is 0.300 e. The van der Waals surface area contributed by atoms with Crippen molar-refractivity contribution in [2.24, 2.45) is 0 Å². The summed E-state index contributed by atoms with van der Waals surface area (Å²) in [5, 5.41) is 23.2. The lowest BCUT2D eigenvalue weighted by Gasteiger charge is -2.25. The van der Waals surface area contributed by atoms with E-state index in [0.717, 1.165) is 5.56 Å². The van der Waals surface area contributed by atoms with Crippen molar-refractivity contribution in [2.45, 2.75) is 13.0 Å². The van der Waals surface area contributed by atoms with Gasteiger partial charge in [0.1, 0.15) is 11.8 Å². The standard InChI is InChI=1S/C24H17ClN2O5/c1-14-6-12-17(13-7-14)26-21(18-4-2-3-5-19(18)27(31)32)20(23(29)24(26)30)22(28)15-8-10-16(25)11-9-15/h2-13,21,28H,1H3/b22-20+/t21-/m1/s1. The maximum atomic E-state index is 13.1. The van der Waals surface area contributed by atoms with Crippen molar-refractivity contribution in [3.63, 3.8) is 0 Å². The number of Topliss-reactive ketones (excluding diaryl/α,β-unsaturated/α-hetero) is 1. The van der Waals surface area contributed by atoms with Crippen LogP contribution < -0.4 is 4.90 Å². The first-order valence-electron chi connectivity index (χ1n) is 9.66. The summed E-state index contributed by atoms with van der Waals surface area (Å²) < 4.78 is 0. The average molecular weight is 449 g/mol. The molecule has 7 nitrogen and oxygen atoms in total. The number of ketones is 1. The van der Waals surface area contributed by atoms with Crippen molar-refractivity contribution in [3.8, 4) is 0 Å².